The van der Waals surface area contributed by atoms with Gasteiger partial charge in [0.15, 0.2) is 0 Å². The van der Waals surface area contributed by atoms with Crippen LogP contribution in [-0.2, 0) is 4.79 Å². The minimum atomic E-state index is -1.01. The molecule has 1 aromatic carbocycles. The summed E-state index contributed by atoms with van der Waals surface area (Å²) in [7, 11) is 0. The van der Waals surface area contributed by atoms with E-state index in [-0.39, 0.29) is 18.6 Å². The van der Waals surface area contributed by atoms with Crippen LogP contribution >= 0.6 is 0 Å². The Hall–Kier alpha value is -2.14. The summed E-state index contributed by atoms with van der Waals surface area (Å²) >= 11 is 0. The first kappa shape index (κ1) is 14.3. The largest absolute Gasteiger partial charge is 0.478 e. The number of carboxylic acid groups (broad SMARTS) is 1. The molecule has 1 fully saturated rings. The van der Waals surface area contributed by atoms with Crippen LogP contribution in [0.1, 0.15) is 28.8 Å². The average Bonchev–Trinajstić information content (AvgIpc) is 3.27. The summed E-state index contributed by atoms with van der Waals surface area (Å²) in [6, 6.07) is 7.02. The topological polar surface area (TPSA) is 77.8 Å². The molecule has 1 aliphatic rings. The van der Waals surface area contributed by atoms with Crippen LogP contribution in [0.15, 0.2) is 30.3 Å². The fraction of sp³-hybridized carbons (Fsp3) is 0.333. The van der Waals surface area contributed by atoms with Crippen molar-refractivity contribution >= 4 is 18.0 Å². The number of hydrogen-bond donors (Lipinski definition) is 2. The van der Waals surface area contributed by atoms with E-state index in [4.69, 9.17) is 10.2 Å². The summed E-state index contributed by atoms with van der Waals surface area (Å²) in [5, 5.41) is 17.6. The lowest BCUT2D eigenvalue weighted by Crippen LogP contribution is -2.35. The van der Waals surface area contributed by atoms with Crippen molar-refractivity contribution in [2.75, 3.05) is 13.2 Å². The van der Waals surface area contributed by atoms with Crippen LogP contribution in [0.3, 0.4) is 0 Å². The highest BCUT2D eigenvalue weighted by molar-refractivity contribution is 5.95. The Balaban J connectivity index is 2.08. The normalized spacial score (nSPS) is 14.4. The van der Waals surface area contributed by atoms with E-state index in [2.05, 4.69) is 0 Å². The lowest BCUT2D eigenvalue weighted by Gasteiger charge is -2.21. The second kappa shape index (κ2) is 6.34. The van der Waals surface area contributed by atoms with Crippen molar-refractivity contribution in [1.82, 2.24) is 4.90 Å². The Bertz CT molecular complexity index is 517. The van der Waals surface area contributed by atoms with E-state index in [1.54, 1.807) is 29.2 Å². The maximum atomic E-state index is 12.3. The molecule has 0 aliphatic heterocycles. The molecule has 2 rings (SSSR count). The zero-order valence-corrected chi connectivity index (χ0v) is 11.0. The van der Waals surface area contributed by atoms with Crippen LogP contribution in [0.2, 0.25) is 0 Å². The fourth-order valence-corrected chi connectivity index (χ4v) is 2.01. The van der Waals surface area contributed by atoms with Gasteiger partial charge in [0.2, 0.25) is 0 Å². The van der Waals surface area contributed by atoms with Gasteiger partial charge >= 0.3 is 5.97 Å². The molecule has 1 amide bonds. The SMILES string of the molecule is O=C(O)C=Cc1ccc(C(=O)N(CCO)C2CC2)cc1. The van der Waals surface area contributed by atoms with Crippen LogP contribution in [-0.4, -0.2) is 46.2 Å². The zero-order chi connectivity index (χ0) is 14.5. The number of hydrogen-bond acceptors (Lipinski definition) is 3. The van der Waals surface area contributed by atoms with Gasteiger partial charge in [-0.2, -0.15) is 0 Å². The maximum Gasteiger partial charge on any atom is 0.328 e. The molecule has 0 bridgehead atoms. The molecule has 5 heteroatoms. The van der Waals surface area contributed by atoms with E-state index < -0.39 is 5.97 Å². The number of benzene rings is 1. The molecule has 0 unspecified atom stereocenters. The Kier molecular flexibility index (Phi) is 4.53. The van der Waals surface area contributed by atoms with Gasteiger partial charge < -0.3 is 15.1 Å². The van der Waals surface area contributed by atoms with Crippen molar-refractivity contribution in [3.63, 3.8) is 0 Å². The number of nitrogens with zero attached hydrogens (tertiary/aromatic N) is 1. The van der Waals surface area contributed by atoms with Gasteiger partial charge in [-0.3, -0.25) is 4.79 Å². The fourth-order valence-electron chi connectivity index (χ4n) is 2.01. The number of aliphatic hydroxyl groups is 1. The minimum Gasteiger partial charge on any atom is -0.478 e. The smallest absolute Gasteiger partial charge is 0.328 e. The zero-order valence-electron chi connectivity index (χ0n) is 11.0. The number of carbonyl (C=O) groups excluding carboxylic acids is 1. The van der Waals surface area contributed by atoms with Crippen molar-refractivity contribution in [2.24, 2.45) is 0 Å². The average molecular weight is 275 g/mol. The van der Waals surface area contributed by atoms with Crippen LogP contribution in [0.4, 0.5) is 0 Å². The minimum absolute atomic E-state index is 0.0400. The summed E-state index contributed by atoms with van der Waals surface area (Å²) in [6.45, 7) is 0.311. The van der Waals surface area contributed by atoms with Gasteiger partial charge in [-0.15, -0.1) is 0 Å². The number of amides is 1. The number of carbonyl (C=O) groups is 2. The summed E-state index contributed by atoms with van der Waals surface area (Å²) in [4.78, 5) is 24.4. The highest BCUT2D eigenvalue weighted by atomic mass is 16.4. The Morgan fingerprint density at radius 3 is 2.40 bits per heavy atom. The standard InChI is InChI=1S/C15H17NO4/c17-10-9-16(13-6-7-13)15(20)12-4-1-11(2-5-12)3-8-14(18)19/h1-5,8,13,17H,6-7,9-10H2,(H,18,19). The number of aliphatic carboxylic acids is 1. The van der Waals surface area contributed by atoms with Gasteiger partial charge in [0.1, 0.15) is 0 Å². The molecule has 0 spiro atoms. The lowest BCUT2D eigenvalue weighted by molar-refractivity contribution is -0.131. The molecule has 1 aliphatic carbocycles. The van der Waals surface area contributed by atoms with Crippen LogP contribution in [0, 0.1) is 0 Å². The molecular weight excluding hydrogens is 258 g/mol. The highest BCUT2D eigenvalue weighted by Gasteiger charge is 2.32. The number of carboxylic acids is 1. The third kappa shape index (κ3) is 3.68. The van der Waals surface area contributed by atoms with E-state index in [0.717, 1.165) is 24.5 Å². The van der Waals surface area contributed by atoms with Gasteiger partial charge in [-0.1, -0.05) is 12.1 Å². The van der Waals surface area contributed by atoms with E-state index in [0.29, 0.717) is 12.1 Å². The van der Waals surface area contributed by atoms with E-state index in [9.17, 15) is 9.59 Å². The van der Waals surface area contributed by atoms with Gasteiger partial charge in [-0.25, -0.2) is 4.79 Å². The third-order valence-electron chi connectivity index (χ3n) is 3.17. The van der Waals surface area contributed by atoms with E-state index in [1.165, 1.54) is 6.08 Å². The van der Waals surface area contributed by atoms with Gasteiger partial charge in [-0.05, 0) is 36.6 Å². The first-order valence-electron chi connectivity index (χ1n) is 6.54. The maximum absolute atomic E-state index is 12.3. The van der Waals surface area contributed by atoms with Crippen molar-refractivity contribution < 1.29 is 19.8 Å². The van der Waals surface area contributed by atoms with Gasteiger partial charge in [0.05, 0.1) is 6.61 Å². The Morgan fingerprint density at radius 1 is 1.25 bits per heavy atom. The molecule has 1 aromatic rings. The summed E-state index contributed by atoms with van der Waals surface area (Å²) in [5.41, 5.74) is 1.28. The highest BCUT2D eigenvalue weighted by Crippen LogP contribution is 2.28. The van der Waals surface area contributed by atoms with Crippen LogP contribution < -0.4 is 0 Å². The van der Waals surface area contributed by atoms with Crippen molar-refractivity contribution in [3.8, 4) is 0 Å². The molecule has 0 aromatic heterocycles. The van der Waals surface area contributed by atoms with Crippen LogP contribution in [0.5, 0.6) is 0 Å². The number of rotatable bonds is 6. The summed E-state index contributed by atoms with van der Waals surface area (Å²) < 4.78 is 0. The summed E-state index contributed by atoms with van der Waals surface area (Å²) in [5.74, 6) is -1.09. The second-order valence-electron chi connectivity index (χ2n) is 4.75. The number of aliphatic hydroxyl groups excluding tert-OH is 1. The first-order valence-corrected chi connectivity index (χ1v) is 6.54. The van der Waals surface area contributed by atoms with Crippen molar-refractivity contribution in [3.05, 3.63) is 41.5 Å². The van der Waals surface area contributed by atoms with Gasteiger partial charge in [0.25, 0.3) is 5.91 Å². The Labute approximate surface area is 117 Å². The quantitative estimate of drug-likeness (QED) is 0.769. The van der Waals surface area contributed by atoms with Crippen molar-refractivity contribution in [1.29, 1.82) is 0 Å². The molecule has 0 heterocycles. The predicted octanol–water partition coefficient (Wildman–Crippen LogP) is 1.38. The van der Waals surface area contributed by atoms with Crippen molar-refractivity contribution in [2.45, 2.75) is 18.9 Å². The molecular formula is C15H17NO4. The first-order chi connectivity index (χ1) is 9.61. The van der Waals surface area contributed by atoms with E-state index >= 15 is 0 Å². The second-order valence-corrected chi connectivity index (χ2v) is 4.75. The molecule has 20 heavy (non-hydrogen) atoms. The van der Waals surface area contributed by atoms with Gasteiger partial charge in [0, 0.05) is 24.2 Å². The molecule has 106 valence electrons. The molecule has 5 nitrogen and oxygen atoms in total. The molecule has 1 saturated carbocycles. The van der Waals surface area contributed by atoms with E-state index in [1.807, 2.05) is 0 Å². The van der Waals surface area contributed by atoms with Crippen LogP contribution in [0.25, 0.3) is 6.08 Å². The Morgan fingerprint density at radius 2 is 1.90 bits per heavy atom. The summed E-state index contributed by atoms with van der Waals surface area (Å²) in [6.07, 6.45) is 4.51. The molecule has 0 radical (unpaired) electrons. The molecule has 2 N–H and O–H groups in total. The lowest BCUT2D eigenvalue weighted by atomic mass is 10.1. The third-order valence-corrected chi connectivity index (χ3v) is 3.17. The predicted molar refractivity (Wildman–Crippen MR) is 74.3 cm³/mol. The monoisotopic (exact) mass is 275 g/mol. The molecule has 0 saturated heterocycles. The molecule has 0 atom stereocenters.